The first-order valence-corrected chi connectivity index (χ1v) is 5.88. The Morgan fingerprint density at radius 3 is 2.83 bits per heavy atom. The lowest BCUT2D eigenvalue weighted by Gasteiger charge is -2.27. The molecule has 0 atom stereocenters. The van der Waals surface area contributed by atoms with Crippen molar-refractivity contribution < 1.29 is 9.72 Å². The van der Waals surface area contributed by atoms with E-state index in [2.05, 4.69) is 10.6 Å². The van der Waals surface area contributed by atoms with Crippen LogP contribution in [0.3, 0.4) is 0 Å². The molecule has 1 amide bonds. The van der Waals surface area contributed by atoms with Gasteiger partial charge in [-0.2, -0.15) is 0 Å². The molecule has 0 aromatic heterocycles. The van der Waals surface area contributed by atoms with Crippen LogP contribution in [0.4, 0.5) is 5.69 Å². The third-order valence-electron chi connectivity index (χ3n) is 2.82. The summed E-state index contributed by atoms with van der Waals surface area (Å²) in [6, 6.07) is 4.02. The number of carbonyl (C=O) groups excluding carboxylic acids is 1. The fourth-order valence-electron chi connectivity index (χ4n) is 1.67. The van der Waals surface area contributed by atoms with Gasteiger partial charge in [0.15, 0.2) is 0 Å². The molecule has 0 spiro atoms. The summed E-state index contributed by atoms with van der Waals surface area (Å²) in [4.78, 5) is 22.1. The molecule has 0 aliphatic carbocycles. The molecule has 1 aromatic carbocycles. The van der Waals surface area contributed by atoms with Gasteiger partial charge in [0, 0.05) is 36.6 Å². The zero-order valence-electron chi connectivity index (χ0n) is 9.48. The van der Waals surface area contributed by atoms with Gasteiger partial charge in [-0.05, 0) is 12.1 Å². The number of benzene rings is 1. The summed E-state index contributed by atoms with van der Waals surface area (Å²) >= 11 is 5.68. The van der Waals surface area contributed by atoms with Gasteiger partial charge in [0.25, 0.3) is 11.6 Å². The lowest BCUT2D eigenvalue weighted by Crippen LogP contribution is -2.48. The Kier molecular flexibility index (Phi) is 3.78. The maximum absolute atomic E-state index is 11.8. The van der Waals surface area contributed by atoms with Crippen LogP contribution in [0, 0.1) is 16.0 Å². The maximum Gasteiger partial charge on any atom is 0.283 e. The lowest BCUT2D eigenvalue weighted by molar-refractivity contribution is -0.385. The van der Waals surface area contributed by atoms with E-state index in [0.29, 0.717) is 12.5 Å². The highest BCUT2D eigenvalue weighted by atomic mass is 35.5. The first-order chi connectivity index (χ1) is 8.58. The van der Waals surface area contributed by atoms with Crippen molar-refractivity contribution in [1.29, 1.82) is 0 Å². The molecule has 0 radical (unpaired) electrons. The van der Waals surface area contributed by atoms with Gasteiger partial charge in [-0.25, -0.2) is 0 Å². The minimum absolute atomic E-state index is 0.0386. The number of nitro groups is 1. The number of nitro benzene ring substituents is 1. The Morgan fingerprint density at radius 2 is 2.28 bits per heavy atom. The number of hydrogen-bond donors (Lipinski definition) is 2. The van der Waals surface area contributed by atoms with E-state index >= 15 is 0 Å². The van der Waals surface area contributed by atoms with E-state index in [0.717, 1.165) is 13.1 Å². The summed E-state index contributed by atoms with van der Waals surface area (Å²) in [6.45, 7) is 2.25. The second-order valence-electron chi connectivity index (χ2n) is 4.15. The lowest BCUT2D eigenvalue weighted by atomic mass is 10.0. The monoisotopic (exact) mass is 269 g/mol. The molecule has 0 unspecified atom stereocenters. The van der Waals surface area contributed by atoms with Crippen molar-refractivity contribution in [2.24, 2.45) is 5.92 Å². The Bertz CT molecular complexity index is 488. The molecule has 18 heavy (non-hydrogen) atoms. The fraction of sp³-hybridized carbons (Fsp3) is 0.364. The normalized spacial score (nSPS) is 14.9. The molecule has 0 bridgehead atoms. The van der Waals surface area contributed by atoms with Crippen LogP contribution in [0.15, 0.2) is 18.2 Å². The molecule has 2 rings (SSSR count). The Labute approximate surface area is 108 Å². The molecule has 1 aliphatic heterocycles. The summed E-state index contributed by atoms with van der Waals surface area (Å²) in [5.41, 5.74) is -0.233. The second-order valence-corrected chi connectivity index (χ2v) is 4.59. The van der Waals surface area contributed by atoms with Crippen molar-refractivity contribution in [3.05, 3.63) is 38.9 Å². The fourth-order valence-corrected chi connectivity index (χ4v) is 1.84. The van der Waals surface area contributed by atoms with Crippen molar-refractivity contribution in [2.75, 3.05) is 19.6 Å². The number of rotatable bonds is 4. The van der Waals surface area contributed by atoms with Crippen LogP contribution in [0.25, 0.3) is 0 Å². The van der Waals surface area contributed by atoms with Gasteiger partial charge in [-0.1, -0.05) is 11.6 Å². The highest BCUT2D eigenvalue weighted by Crippen LogP contribution is 2.23. The van der Waals surface area contributed by atoms with Crippen molar-refractivity contribution in [3.63, 3.8) is 0 Å². The molecule has 1 aliphatic rings. The first-order valence-electron chi connectivity index (χ1n) is 5.51. The molecule has 0 saturated carbocycles. The zero-order chi connectivity index (χ0) is 13.1. The van der Waals surface area contributed by atoms with E-state index in [-0.39, 0.29) is 16.3 Å². The highest BCUT2D eigenvalue weighted by Gasteiger charge is 2.22. The molecule has 7 heteroatoms. The third-order valence-corrected chi connectivity index (χ3v) is 3.05. The smallest absolute Gasteiger partial charge is 0.283 e. The van der Waals surface area contributed by atoms with Gasteiger partial charge in [0.05, 0.1) is 4.92 Å². The quantitative estimate of drug-likeness (QED) is 0.635. The predicted octanol–water partition coefficient (Wildman–Crippen LogP) is 1.20. The molecule has 2 N–H and O–H groups in total. The van der Waals surface area contributed by atoms with Crippen molar-refractivity contribution >= 4 is 23.2 Å². The van der Waals surface area contributed by atoms with Gasteiger partial charge in [0.1, 0.15) is 5.56 Å². The maximum atomic E-state index is 11.8. The van der Waals surface area contributed by atoms with Gasteiger partial charge < -0.3 is 10.6 Å². The van der Waals surface area contributed by atoms with Gasteiger partial charge >= 0.3 is 0 Å². The number of halogens is 1. The van der Waals surface area contributed by atoms with E-state index < -0.39 is 10.8 Å². The van der Waals surface area contributed by atoms with Crippen LogP contribution in [0.2, 0.25) is 5.02 Å². The molecule has 96 valence electrons. The van der Waals surface area contributed by atoms with E-state index in [9.17, 15) is 14.9 Å². The molecular formula is C11H12ClN3O3. The summed E-state index contributed by atoms with van der Waals surface area (Å²) < 4.78 is 0. The summed E-state index contributed by atoms with van der Waals surface area (Å²) in [5, 5.41) is 16.9. The van der Waals surface area contributed by atoms with Crippen molar-refractivity contribution in [1.82, 2.24) is 10.6 Å². The van der Waals surface area contributed by atoms with E-state index in [1.165, 1.54) is 18.2 Å². The molecule has 1 aromatic rings. The van der Waals surface area contributed by atoms with Crippen LogP contribution >= 0.6 is 11.6 Å². The summed E-state index contributed by atoms with van der Waals surface area (Å²) in [5.74, 6) is -0.0365. The molecular weight excluding hydrogens is 258 g/mol. The Balaban J connectivity index is 2.10. The van der Waals surface area contributed by atoms with E-state index in [1.54, 1.807) is 0 Å². The molecule has 1 saturated heterocycles. The second kappa shape index (κ2) is 5.32. The van der Waals surface area contributed by atoms with E-state index in [1.807, 2.05) is 0 Å². The van der Waals surface area contributed by atoms with Crippen LogP contribution in [-0.2, 0) is 0 Å². The average Bonchev–Trinajstić information content (AvgIpc) is 2.26. The van der Waals surface area contributed by atoms with Crippen LogP contribution in [0.5, 0.6) is 0 Å². The molecule has 1 fully saturated rings. The number of hydrogen-bond acceptors (Lipinski definition) is 4. The Morgan fingerprint density at radius 1 is 1.56 bits per heavy atom. The standard InChI is InChI=1S/C11H12ClN3O3/c12-8-1-2-9(10(3-8)15(17)18)11(16)14-6-7-4-13-5-7/h1-3,7,13H,4-6H2,(H,14,16). The predicted molar refractivity (Wildman–Crippen MR) is 66.8 cm³/mol. The van der Waals surface area contributed by atoms with Crippen LogP contribution < -0.4 is 10.6 Å². The highest BCUT2D eigenvalue weighted by molar-refractivity contribution is 6.31. The van der Waals surface area contributed by atoms with Crippen molar-refractivity contribution in [3.8, 4) is 0 Å². The molecule has 6 nitrogen and oxygen atoms in total. The number of carbonyl (C=O) groups is 1. The number of nitrogens with zero attached hydrogens (tertiary/aromatic N) is 1. The number of nitrogens with one attached hydrogen (secondary N) is 2. The van der Waals surface area contributed by atoms with Crippen molar-refractivity contribution in [2.45, 2.75) is 0 Å². The first kappa shape index (κ1) is 12.8. The minimum Gasteiger partial charge on any atom is -0.351 e. The largest absolute Gasteiger partial charge is 0.351 e. The van der Waals surface area contributed by atoms with Gasteiger partial charge in [-0.3, -0.25) is 14.9 Å². The average molecular weight is 270 g/mol. The summed E-state index contributed by atoms with van der Waals surface area (Å²) in [7, 11) is 0. The van der Waals surface area contributed by atoms with Gasteiger partial charge in [-0.15, -0.1) is 0 Å². The van der Waals surface area contributed by atoms with E-state index in [4.69, 9.17) is 11.6 Å². The van der Waals surface area contributed by atoms with Gasteiger partial charge in [0.2, 0.25) is 0 Å². The minimum atomic E-state index is -0.605. The Hall–Kier alpha value is -1.66. The SMILES string of the molecule is O=C(NCC1CNC1)c1ccc(Cl)cc1[N+](=O)[O-]. The topological polar surface area (TPSA) is 84.3 Å². The summed E-state index contributed by atoms with van der Waals surface area (Å²) in [6.07, 6.45) is 0. The van der Waals surface area contributed by atoms with Crippen LogP contribution in [0.1, 0.15) is 10.4 Å². The molecule has 1 heterocycles. The third kappa shape index (κ3) is 2.77. The zero-order valence-corrected chi connectivity index (χ0v) is 10.2. The van der Waals surface area contributed by atoms with Crippen LogP contribution in [-0.4, -0.2) is 30.5 Å². The number of amides is 1.